The van der Waals surface area contributed by atoms with Crippen LogP contribution in [-0.2, 0) is 4.79 Å². The van der Waals surface area contributed by atoms with Gasteiger partial charge < -0.3 is 15.4 Å². The summed E-state index contributed by atoms with van der Waals surface area (Å²) in [5.41, 5.74) is 2.49. The third-order valence-electron chi connectivity index (χ3n) is 4.58. The summed E-state index contributed by atoms with van der Waals surface area (Å²) in [7, 11) is 0. The molecule has 2 aromatic carbocycles. The number of unbranched alkanes of at least 4 members (excludes halogenated alkanes) is 1. The minimum absolute atomic E-state index is 0.00435. The Morgan fingerprint density at radius 2 is 1.80 bits per heavy atom. The smallest absolute Gasteiger partial charge is 0.257 e. The molecule has 0 aliphatic heterocycles. The third kappa shape index (κ3) is 6.19. The number of anilines is 1. The second-order valence-corrected chi connectivity index (χ2v) is 7.31. The van der Waals surface area contributed by atoms with Crippen molar-refractivity contribution in [1.29, 1.82) is 0 Å². The standard InChI is InChI=1S/C23H24ClN3O3/c1-16(28)17-4-7-19(8-5-17)30-15-23(29)27-12-3-2-11-25-21-10-13-26-22-14-18(24)6-9-20(21)22/h4-10,13-14H,2-3,11-12,15H2,1H3,(H,25,26)(H,27,29). The first kappa shape index (κ1) is 21.6. The lowest BCUT2D eigenvalue weighted by Gasteiger charge is -2.10. The number of halogens is 1. The lowest BCUT2D eigenvalue weighted by atomic mass is 10.1. The molecule has 7 heteroatoms. The van der Waals surface area contributed by atoms with E-state index in [2.05, 4.69) is 15.6 Å². The number of fused-ring (bicyclic) bond motifs is 1. The van der Waals surface area contributed by atoms with Crippen molar-refractivity contribution in [3.8, 4) is 5.75 Å². The van der Waals surface area contributed by atoms with Crippen LogP contribution in [0.5, 0.6) is 5.75 Å². The lowest BCUT2D eigenvalue weighted by molar-refractivity contribution is -0.123. The molecule has 6 nitrogen and oxygen atoms in total. The van der Waals surface area contributed by atoms with Gasteiger partial charge in [0.25, 0.3) is 5.91 Å². The Hall–Kier alpha value is -3.12. The summed E-state index contributed by atoms with van der Waals surface area (Å²) in [5.74, 6) is 0.385. The normalized spacial score (nSPS) is 10.6. The van der Waals surface area contributed by atoms with E-state index in [1.807, 2.05) is 24.3 Å². The summed E-state index contributed by atoms with van der Waals surface area (Å²) in [5, 5.41) is 7.95. The number of hydrogen-bond acceptors (Lipinski definition) is 5. The minimum Gasteiger partial charge on any atom is -0.484 e. The van der Waals surface area contributed by atoms with Gasteiger partial charge >= 0.3 is 0 Å². The summed E-state index contributed by atoms with van der Waals surface area (Å²) in [6, 6.07) is 14.3. The van der Waals surface area contributed by atoms with Crippen LogP contribution in [-0.4, -0.2) is 36.4 Å². The average molecular weight is 426 g/mol. The molecule has 1 heterocycles. The van der Waals surface area contributed by atoms with E-state index < -0.39 is 0 Å². The first-order valence-corrected chi connectivity index (χ1v) is 10.2. The van der Waals surface area contributed by atoms with E-state index in [4.69, 9.17) is 16.3 Å². The molecule has 0 fully saturated rings. The highest BCUT2D eigenvalue weighted by molar-refractivity contribution is 6.31. The number of rotatable bonds is 10. The van der Waals surface area contributed by atoms with E-state index in [1.165, 1.54) is 6.92 Å². The highest BCUT2D eigenvalue weighted by atomic mass is 35.5. The quantitative estimate of drug-likeness (QED) is 0.370. The van der Waals surface area contributed by atoms with Gasteiger partial charge in [0.1, 0.15) is 5.75 Å². The highest BCUT2D eigenvalue weighted by Crippen LogP contribution is 2.24. The molecule has 0 spiro atoms. The number of nitrogens with one attached hydrogen (secondary N) is 2. The second kappa shape index (κ2) is 10.6. The maximum Gasteiger partial charge on any atom is 0.257 e. The predicted molar refractivity (Wildman–Crippen MR) is 119 cm³/mol. The monoisotopic (exact) mass is 425 g/mol. The van der Waals surface area contributed by atoms with Gasteiger partial charge in [-0.2, -0.15) is 0 Å². The Morgan fingerprint density at radius 1 is 1.03 bits per heavy atom. The van der Waals surface area contributed by atoms with E-state index in [9.17, 15) is 9.59 Å². The Morgan fingerprint density at radius 3 is 2.57 bits per heavy atom. The van der Waals surface area contributed by atoms with Crippen molar-refractivity contribution in [2.75, 3.05) is 25.0 Å². The van der Waals surface area contributed by atoms with Gasteiger partial charge in [-0.25, -0.2) is 0 Å². The molecule has 2 N–H and O–H groups in total. The molecular weight excluding hydrogens is 402 g/mol. The Labute approximate surface area is 180 Å². The van der Waals surface area contributed by atoms with Crippen LogP contribution in [0.25, 0.3) is 10.9 Å². The number of ether oxygens (including phenoxy) is 1. The molecule has 0 aliphatic carbocycles. The number of benzene rings is 2. The molecule has 0 saturated heterocycles. The van der Waals surface area contributed by atoms with Crippen LogP contribution in [0.15, 0.2) is 54.7 Å². The van der Waals surface area contributed by atoms with Crippen LogP contribution in [0.2, 0.25) is 5.02 Å². The zero-order chi connectivity index (χ0) is 21.3. The Kier molecular flexibility index (Phi) is 7.63. The van der Waals surface area contributed by atoms with Crippen molar-refractivity contribution >= 4 is 39.9 Å². The van der Waals surface area contributed by atoms with Crippen molar-refractivity contribution in [2.45, 2.75) is 19.8 Å². The molecule has 30 heavy (non-hydrogen) atoms. The molecule has 156 valence electrons. The van der Waals surface area contributed by atoms with Crippen LogP contribution in [0.3, 0.4) is 0 Å². The molecule has 3 aromatic rings. The molecule has 0 bridgehead atoms. The number of Topliss-reactive ketones (excluding diaryl/α,β-unsaturated/α-hetero) is 1. The molecule has 0 aliphatic rings. The fourth-order valence-electron chi connectivity index (χ4n) is 2.96. The molecule has 0 unspecified atom stereocenters. The van der Waals surface area contributed by atoms with Crippen LogP contribution < -0.4 is 15.4 Å². The number of carbonyl (C=O) groups is 2. The van der Waals surface area contributed by atoms with Crippen molar-refractivity contribution in [3.63, 3.8) is 0 Å². The first-order chi connectivity index (χ1) is 14.5. The zero-order valence-corrected chi connectivity index (χ0v) is 17.5. The minimum atomic E-state index is -0.171. The van der Waals surface area contributed by atoms with Gasteiger partial charge in [-0.05, 0) is 68.3 Å². The number of amides is 1. The van der Waals surface area contributed by atoms with Gasteiger partial charge in [-0.1, -0.05) is 11.6 Å². The Balaban J connectivity index is 1.32. The molecule has 0 radical (unpaired) electrons. The van der Waals surface area contributed by atoms with Crippen LogP contribution in [0.4, 0.5) is 5.69 Å². The van der Waals surface area contributed by atoms with Gasteiger partial charge in [0.2, 0.25) is 0 Å². The van der Waals surface area contributed by atoms with Gasteiger partial charge in [0, 0.05) is 40.9 Å². The topological polar surface area (TPSA) is 80.3 Å². The van der Waals surface area contributed by atoms with E-state index in [0.29, 0.717) is 22.9 Å². The third-order valence-corrected chi connectivity index (χ3v) is 4.81. The number of pyridine rings is 1. The Bertz CT molecular complexity index is 1020. The first-order valence-electron chi connectivity index (χ1n) is 9.81. The van der Waals surface area contributed by atoms with E-state index in [-0.39, 0.29) is 18.3 Å². The number of aromatic nitrogens is 1. The van der Waals surface area contributed by atoms with E-state index in [0.717, 1.165) is 36.0 Å². The fourth-order valence-corrected chi connectivity index (χ4v) is 3.13. The van der Waals surface area contributed by atoms with Crippen molar-refractivity contribution < 1.29 is 14.3 Å². The van der Waals surface area contributed by atoms with Crippen molar-refractivity contribution in [3.05, 3.63) is 65.3 Å². The maximum absolute atomic E-state index is 11.9. The number of carbonyl (C=O) groups excluding carboxylic acids is 2. The number of nitrogens with zero attached hydrogens (tertiary/aromatic N) is 1. The molecule has 0 saturated carbocycles. The fraction of sp³-hybridized carbons (Fsp3) is 0.261. The molecule has 0 atom stereocenters. The summed E-state index contributed by atoms with van der Waals surface area (Å²) in [4.78, 5) is 27.5. The number of hydrogen-bond donors (Lipinski definition) is 2. The van der Waals surface area contributed by atoms with Gasteiger partial charge in [-0.15, -0.1) is 0 Å². The van der Waals surface area contributed by atoms with Gasteiger partial charge in [0.05, 0.1) is 5.52 Å². The van der Waals surface area contributed by atoms with Crippen molar-refractivity contribution in [1.82, 2.24) is 10.3 Å². The van der Waals surface area contributed by atoms with Gasteiger partial charge in [-0.3, -0.25) is 14.6 Å². The zero-order valence-electron chi connectivity index (χ0n) is 16.8. The largest absolute Gasteiger partial charge is 0.484 e. The molecule has 3 rings (SSSR count). The molecule has 1 aromatic heterocycles. The summed E-state index contributed by atoms with van der Waals surface area (Å²) < 4.78 is 5.44. The average Bonchev–Trinajstić information content (AvgIpc) is 2.74. The van der Waals surface area contributed by atoms with E-state index in [1.54, 1.807) is 30.5 Å². The van der Waals surface area contributed by atoms with Crippen molar-refractivity contribution in [2.24, 2.45) is 0 Å². The molecule has 1 amide bonds. The predicted octanol–water partition coefficient (Wildman–Crippen LogP) is 4.48. The van der Waals surface area contributed by atoms with Crippen LogP contribution >= 0.6 is 11.6 Å². The second-order valence-electron chi connectivity index (χ2n) is 6.87. The number of ketones is 1. The summed E-state index contributed by atoms with van der Waals surface area (Å²) in [6.07, 6.45) is 3.51. The van der Waals surface area contributed by atoms with Crippen LogP contribution in [0.1, 0.15) is 30.1 Å². The highest BCUT2D eigenvalue weighted by Gasteiger charge is 2.05. The molecular formula is C23H24ClN3O3. The maximum atomic E-state index is 11.9. The van der Waals surface area contributed by atoms with E-state index >= 15 is 0 Å². The van der Waals surface area contributed by atoms with Gasteiger partial charge in [0.15, 0.2) is 12.4 Å². The summed E-state index contributed by atoms with van der Waals surface area (Å²) >= 11 is 6.02. The van der Waals surface area contributed by atoms with Crippen LogP contribution in [0, 0.1) is 0 Å². The lowest BCUT2D eigenvalue weighted by Crippen LogP contribution is -2.29. The summed E-state index contributed by atoms with van der Waals surface area (Å²) in [6.45, 7) is 2.83. The SMILES string of the molecule is CC(=O)c1ccc(OCC(=O)NCCCCNc2ccnc3cc(Cl)ccc23)cc1.